The lowest BCUT2D eigenvalue weighted by Gasteiger charge is -2.25. The first-order valence-electron chi connectivity index (χ1n) is 7.40. The van der Waals surface area contributed by atoms with Crippen molar-refractivity contribution in [3.05, 3.63) is 28.8 Å². The molecule has 0 bridgehead atoms. The maximum absolute atomic E-state index is 12.2. The first kappa shape index (κ1) is 16.8. The van der Waals surface area contributed by atoms with E-state index in [9.17, 15) is 9.59 Å². The van der Waals surface area contributed by atoms with Crippen molar-refractivity contribution in [3.63, 3.8) is 0 Å². The highest BCUT2D eigenvalue weighted by Gasteiger charge is 2.32. The summed E-state index contributed by atoms with van der Waals surface area (Å²) < 4.78 is 0. The molecule has 0 aromatic heterocycles. The average molecular weight is 324 g/mol. The molecule has 2 rings (SSSR count). The molecule has 1 atom stereocenters. The molecule has 22 heavy (non-hydrogen) atoms. The summed E-state index contributed by atoms with van der Waals surface area (Å²) in [5, 5.41) is 3.50. The van der Waals surface area contributed by atoms with Crippen molar-refractivity contribution >= 4 is 29.1 Å². The maximum atomic E-state index is 12.2. The first-order chi connectivity index (χ1) is 10.4. The zero-order valence-electron chi connectivity index (χ0n) is 13.2. The molecule has 1 aromatic rings. The summed E-state index contributed by atoms with van der Waals surface area (Å²) in [6, 6.07) is 5.23. The van der Waals surface area contributed by atoms with E-state index in [4.69, 9.17) is 11.6 Å². The summed E-state index contributed by atoms with van der Waals surface area (Å²) in [4.78, 5) is 27.9. The van der Waals surface area contributed by atoms with Crippen molar-refractivity contribution < 1.29 is 9.59 Å². The number of anilines is 1. The Hall–Kier alpha value is -1.59. The van der Waals surface area contributed by atoms with Crippen LogP contribution in [-0.4, -0.2) is 54.8 Å². The molecule has 0 aliphatic carbocycles. The van der Waals surface area contributed by atoms with Gasteiger partial charge in [0.2, 0.25) is 11.8 Å². The topological polar surface area (TPSA) is 52.7 Å². The first-order valence-corrected chi connectivity index (χ1v) is 7.78. The van der Waals surface area contributed by atoms with Gasteiger partial charge in [0.1, 0.15) is 0 Å². The highest BCUT2D eigenvalue weighted by molar-refractivity contribution is 6.31. The van der Waals surface area contributed by atoms with Crippen LogP contribution in [0.5, 0.6) is 0 Å². The Morgan fingerprint density at radius 1 is 1.41 bits per heavy atom. The van der Waals surface area contributed by atoms with Crippen molar-refractivity contribution in [1.29, 1.82) is 0 Å². The predicted octanol–water partition coefficient (Wildman–Crippen LogP) is 2.14. The van der Waals surface area contributed by atoms with E-state index >= 15 is 0 Å². The summed E-state index contributed by atoms with van der Waals surface area (Å²) in [7, 11) is 3.49. The molecular formula is C16H22ClN3O2. The summed E-state index contributed by atoms with van der Waals surface area (Å²) in [6.07, 6.45) is 1.74. The molecule has 0 saturated carbocycles. The molecule has 1 aromatic carbocycles. The molecule has 0 radical (unpaired) electrons. The zero-order chi connectivity index (χ0) is 16.3. The number of likely N-dealkylation sites (tertiary alicyclic amines) is 1. The lowest BCUT2D eigenvalue weighted by atomic mass is 10.2. The fraction of sp³-hybridized carbons (Fsp3) is 0.500. The standard InChI is InChI=1S/C16H22ClN3O2/c1-11-12(17)6-4-7-13(11)18-15(21)10-20-9-5-8-14(20)16(22)19(2)3/h4,6-7,14H,5,8-10H2,1-3H3,(H,18,21). The van der Waals surface area contributed by atoms with Gasteiger partial charge in [0, 0.05) is 24.8 Å². The Labute approximate surface area is 136 Å². The van der Waals surface area contributed by atoms with Crippen molar-refractivity contribution in [2.24, 2.45) is 0 Å². The number of nitrogens with one attached hydrogen (secondary N) is 1. The molecule has 1 saturated heterocycles. The third-order valence-electron chi connectivity index (χ3n) is 3.98. The van der Waals surface area contributed by atoms with Crippen LogP contribution in [0.15, 0.2) is 18.2 Å². The molecule has 1 heterocycles. The molecule has 6 heteroatoms. The largest absolute Gasteiger partial charge is 0.347 e. The van der Waals surface area contributed by atoms with E-state index in [-0.39, 0.29) is 24.4 Å². The molecule has 5 nitrogen and oxygen atoms in total. The summed E-state index contributed by atoms with van der Waals surface area (Å²) in [5.41, 5.74) is 1.56. The van der Waals surface area contributed by atoms with Crippen LogP contribution < -0.4 is 5.32 Å². The van der Waals surface area contributed by atoms with E-state index in [1.54, 1.807) is 31.1 Å². The summed E-state index contributed by atoms with van der Waals surface area (Å²) >= 11 is 6.06. The van der Waals surface area contributed by atoms with Crippen LogP contribution in [-0.2, 0) is 9.59 Å². The van der Waals surface area contributed by atoms with E-state index in [1.165, 1.54) is 0 Å². The Morgan fingerprint density at radius 3 is 2.82 bits per heavy atom. The van der Waals surface area contributed by atoms with Gasteiger partial charge in [0.15, 0.2) is 0 Å². The van der Waals surface area contributed by atoms with Gasteiger partial charge in [-0.15, -0.1) is 0 Å². The van der Waals surface area contributed by atoms with Crippen LogP contribution >= 0.6 is 11.6 Å². The quantitative estimate of drug-likeness (QED) is 0.923. The monoisotopic (exact) mass is 323 g/mol. The minimum absolute atomic E-state index is 0.0595. The van der Waals surface area contributed by atoms with Crippen LogP contribution in [0.2, 0.25) is 5.02 Å². The molecule has 1 aliphatic heterocycles. The number of amides is 2. The Bertz CT molecular complexity index is 575. The van der Waals surface area contributed by atoms with Crippen molar-refractivity contribution in [2.75, 3.05) is 32.5 Å². The highest BCUT2D eigenvalue weighted by atomic mass is 35.5. The Balaban J connectivity index is 1.99. The molecule has 1 aliphatic rings. The van der Waals surface area contributed by atoms with E-state index in [1.807, 2.05) is 17.9 Å². The Morgan fingerprint density at radius 2 is 2.14 bits per heavy atom. The van der Waals surface area contributed by atoms with E-state index in [0.29, 0.717) is 10.7 Å². The van der Waals surface area contributed by atoms with Crippen molar-refractivity contribution in [2.45, 2.75) is 25.8 Å². The summed E-state index contributed by atoms with van der Waals surface area (Å²) in [6.45, 7) is 2.86. The van der Waals surface area contributed by atoms with E-state index in [2.05, 4.69) is 5.32 Å². The number of likely N-dealkylation sites (N-methyl/N-ethyl adjacent to an activating group) is 1. The smallest absolute Gasteiger partial charge is 0.239 e. The number of nitrogens with zero attached hydrogens (tertiary/aromatic N) is 2. The van der Waals surface area contributed by atoms with E-state index < -0.39 is 0 Å². The molecular weight excluding hydrogens is 302 g/mol. The van der Waals surface area contributed by atoms with Gasteiger partial charge >= 0.3 is 0 Å². The fourth-order valence-electron chi connectivity index (χ4n) is 2.71. The van der Waals surface area contributed by atoms with Gasteiger partial charge in [-0.05, 0) is 44.0 Å². The van der Waals surface area contributed by atoms with Gasteiger partial charge in [-0.2, -0.15) is 0 Å². The normalized spacial score (nSPS) is 18.3. The SMILES string of the molecule is Cc1c(Cl)cccc1NC(=O)CN1CCCC1C(=O)N(C)C. The van der Waals surface area contributed by atoms with Crippen molar-refractivity contribution in [1.82, 2.24) is 9.80 Å². The molecule has 1 unspecified atom stereocenters. The van der Waals surface area contributed by atoms with Crippen LogP contribution in [0.3, 0.4) is 0 Å². The van der Waals surface area contributed by atoms with Crippen molar-refractivity contribution in [3.8, 4) is 0 Å². The second-order valence-electron chi connectivity index (χ2n) is 5.82. The van der Waals surface area contributed by atoms with Crippen LogP contribution in [0.1, 0.15) is 18.4 Å². The third kappa shape index (κ3) is 3.78. The van der Waals surface area contributed by atoms with Crippen LogP contribution in [0.25, 0.3) is 0 Å². The minimum atomic E-state index is -0.193. The fourth-order valence-corrected chi connectivity index (χ4v) is 2.88. The number of carbonyl (C=O) groups excluding carboxylic acids is 2. The molecule has 1 fully saturated rings. The van der Waals surface area contributed by atoms with E-state index in [0.717, 1.165) is 24.9 Å². The molecule has 120 valence electrons. The predicted molar refractivity (Wildman–Crippen MR) is 88.1 cm³/mol. The van der Waals surface area contributed by atoms with Gasteiger partial charge in [-0.3, -0.25) is 14.5 Å². The third-order valence-corrected chi connectivity index (χ3v) is 4.39. The van der Waals surface area contributed by atoms with Gasteiger partial charge < -0.3 is 10.2 Å². The number of carbonyl (C=O) groups is 2. The number of benzene rings is 1. The number of rotatable bonds is 4. The molecule has 0 spiro atoms. The molecule has 2 amide bonds. The lowest BCUT2D eigenvalue weighted by molar-refractivity contribution is -0.133. The highest BCUT2D eigenvalue weighted by Crippen LogP contribution is 2.23. The zero-order valence-corrected chi connectivity index (χ0v) is 14.0. The minimum Gasteiger partial charge on any atom is -0.347 e. The number of hydrogen-bond donors (Lipinski definition) is 1. The van der Waals surface area contributed by atoms with Crippen LogP contribution in [0.4, 0.5) is 5.69 Å². The average Bonchev–Trinajstić information content (AvgIpc) is 2.90. The Kier molecular flexibility index (Phi) is 5.42. The second-order valence-corrected chi connectivity index (χ2v) is 6.23. The van der Waals surface area contributed by atoms with Gasteiger partial charge in [0.25, 0.3) is 0 Å². The second kappa shape index (κ2) is 7.11. The summed E-state index contributed by atoms with van der Waals surface area (Å²) in [5.74, 6) is -0.0620. The lowest BCUT2D eigenvalue weighted by Crippen LogP contribution is -2.45. The van der Waals surface area contributed by atoms with Crippen LogP contribution in [0, 0.1) is 6.92 Å². The van der Waals surface area contributed by atoms with Gasteiger partial charge in [-0.25, -0.2) is 0 Å². The number of hydrogen-bond acceptors (Lipinski definition) is 3. The van der Waals surface area contributed by atoms with Gasteiger partial charge in [0.05, 0.1) is 12.6 Å². The maximum Gasteiger partial charge on any atom is 0.239 e. The number of halogens is 1. The molecule has 1 N–H and O–H groups in total. The van der Waals surface area contributed by atoms with Gasteiger partial charge in [-0.1, -0.05) is 17.7 Å².